The third-order valence-electron chi connectivity index (χ3n) is 2.70. The standard InChI is InChI=1S/C13H12N6O/c1-20-10-4-2-3-9(5-10)6-18-19-13-11-12(15-7-14-11)16-8-17-13/h2-8H,1H3,(H2,14,15,16,17,19). The lowest BCUT2D eigenvalue weighted by atomic mass is 10.2. The number of imidazole rings is 1. The maximum Gasteiger partial charge on any atom is 0.182 e. The lowest BCUT2D eigenvalue weighted by molar-refractivity contribution is 0.415. The van der Waals surface area contributed by atoms with Gasteiger partial charge in [-0.1, -0.05) is 12.1 Å². The van der Waals surface area contributed by atoms with E-state index < -0.39 is 0 Å². The van der Waals surface area contributed by atoms with Crippen molar-refractivity contribution < 1.29 is 4.74 Å². The van der Waals surface area contributed by atoms with E-state index >= 15 is 0 Å². The van der Waals surface area contributed by atoms with E-state index in [-0.39, 0.29) is 0 Å². The summed E-state index contributed by atoms with van der Waals surface area (Å²) in [5.74, 6) is 1.36. The molecular weight excluding hydrogens is 256 g/mol. The SMILES string of the molecule is COc1cccc(C=NNc2ncnc3nc[nH]c23)c1. The molecule has 0 aliphatic carbocycles. The summed E-state index contributed by atoms with van der Waals surface area (Å²) in [6.07, 6.45) is 4.69. The minimum absolute atomic E-state index is 0.576. The number of hydrogen-bond acceptors (Lipinski definition) is 6. The van der Waals surface area contributed by atoms with Gasteiger partial charge in [0.15, 0.2) is 11.5 Å². The maximum absolute atomic E-state index is 5.15. The topological polar surface area (TPSA) is 88.1 Å². The molecule has 0 aliphatic heterocycles. The van der Waals surface area contributed by atoms with E-state index in [1.807, 2.05) is 24.3 Å². The molecule has 0 saturated carbocycles. The molecule has 0 aliphatic rings. The lowest BCUT2D eigenvalue weighted by Crippen LogP contribution is -1.96. The quantitative estimate of drug-likeness (QED) is 0.556. The van der Waals surface area contributed by atoms with E-state index in [0.717, 1.165) is 16.8 Å². The van der Waals surface area contributed by atoms with Crippen molar-refractivity contribution in [2.24, 2.45) is 5.10 Å². The number of benzene rings is 1. The molecule has 0 amide bonds. The van der Waals surface area contributed by atoms with Gasteiger partial charge in [0, 0.05) is 0 Å². The molecule has 2 heterocycles. The van der Waals surface area contributed by atoms with Gasteiger partial charge in [-0.15, -0.1) is 0 Å². The Bertz CT molecular complexity index is 751. The van der Waals surface area contributed by atoms with Crippen LogP contribution in [0.15, 0.2) is 42.0 Å². The van der Waals surface area contributed by atoms with Gasteiger partial charge in [-0.2, -0.15) is 5.10 Å². The number of fused-ring (bicyclic) bond motifs is 1. The Kier molecular flexibility index (Phi) is 3.24. The predicted octanol–water partition coefficient (Wildman–Crippen LogP) is 1.81. The number of hydrogen-bond donors (Lipinski definition) is 2. The molecule has 3 rings (SSSR count). The van der Waals surface area contributed by atoms with Gasteiger partial charge in [0.25, 0.3) is 0 Å². The summed E-state index contributed by atoms with van der Waals surface area (Å²) in [4.78, 5) is 15.2. The van der Waals surface area contributed by atoms with Crippen molar-refractivity contribution in [1.29, 1.82) is 0 Å². The van der Waals surface area contributed by atoms with Crippen LogP contribution in [0.3, 0.4) is 0 Å². The zero-order valence-corrected chi connectivity index (χ0v) is 10.7. The van der Waals surface area contributed by atoms with E-state index in [4.69, 9.17) is 4.74 Å². The third-order valence-corrected chi connectivity index (χ3v) is 2.70. The van der Waals surface area contributed by atoms with Crippen molar-refractivity contribution in [3.05, 3.63) is 42.5 Å². The molecule has 7 nitrogen and oxygen atoms in total. The average molecular weight is 268 g/mol. The molecule has 1 aromatic carbocycles. The van der Waals surface area contributed by atoms with Crippen molar-refractivity contribution in [3.63, 3.8) is 0 Å². The lowest BCUT2D eigenvalue weighted by Gasteiger charge is -2.01. The van der Waals surface area contributed by atoms with Gasteiger partial charge in [0.05, 0.1) is 19.7 Å². The number of hydrazone groups is 1. The molecule has 0 saturated heterocycles. The minimum Gasteiger partial charge on any atom is -0.497 e. The number of aromatic amines is 1. The molecule has 100 valence electrons. The van der Waals surface area contributed by atoms with Crippen molar-refractivity contribution in [2.45, 2.75) is 0 Å². The Hall–Kier alpha value is -2.96. The van der Waals surface area contributed by atoms with E-state index in [1.54, 1.807) is 19.7 Å². The number of anilines is 1. The second kappa shape index (κ2) is 5.35. The average Bonchev–Trinajstić information content (AvgIpc) is 2.97. The van der Waals surface area contributed by atoms with Crippen LogP contribution < -0.4 is 10.2 Å². The highest BCUT2D eigenvalue weighted by Crippen LogP contribution is 2.14. The van der Waals surface area contributed by atoms with Crippen LogP contribution in [0.25, 0.3) is 11.2 Å². The van der Waals surface area contributed by atoms with Crippen LogP contribution in [0, 0.1) is 0 Å². The van der Waals surface area contributed by atoms with Gasteiger partial charge in [0.2, 0.25) is 0 Å². The Labute approximate surface area is 114 Å². The van der Waals surface area contributed by atoms with E-state index in [0.29, 0.717) is 11.5 Å². The number of ether oxygens (including phenoxy) is 1. The fourth-order valence-electron chi connectivity index (χ4n) is 1.74. The first-order valence-corrected chi connectivity index (χ1v) is 5.94. The molecule has 0 bridgehead atoms. The maximum atomic E-state index is 5.15. The molecule has 0 spiro atoms. The smallest absolute Gasteiger partial charge is 0.182 e. The number of aromatic nitrogens is 4. The molecule has 0 fully saturated rings. The third kappa shape index (κ3) is 2.41. The van der Waals surface area contributed by atoms with Crippen molar-refractivity contribution in [1.82, 2.24) is 19.9 Å². The summed E-state index contributed by atoms with van der Waals surface area (Å²) in [6, 6.07) is 7.59. The Morgan fingerprint density at radius 3 is 3.15 bits per heavy atom. The van der Waals surface area contributed by atoms with Gasteiger partial charge in [0.1, 0.15) is 17.6 Å². The number of H-pyrrole nitrogens is 1. The monoisotopic (exact) mass is 268 g/mol. The number of methoxy groups -OCH3 is 1. The highest BCUT2D eigenvalue weighted by atomic mass is 16.5. The summed E-state index contributed by atoms with van der Waals surface area (Å²) in [5.41, 5.74) is 5.10. The van der Waals surface area contributed by atoms with Crippen LogP contribution in [0.2, 0.25) is 0 Å². The fraction of sp³-hybridized carbons (Fsp3) is 0.0769. The highest BCUT2D eigenvalue weighted by molar-refractivity contribution is 5.84. The van der Waals surface area contributed by atoms with Crippen LogP contribution in [0.1, 0.15) is 5.56 Å². The molecule has 0 atom stereocenters. The zero-order chi connectivity index (χ0) is 13.8. The zero-order valence-electron chi connectivity index (χ0n) is 10.7. The van der Waals surface area contributed by atoms with Crippen LogP contribution >= 0.6 is 0 Å². The summed E-state index contributed by atoms with van der Waals surface area (Å²) < 4.78 is 5.15. The number of nitrogens with zero attached hydrogens (tertiary/aromatic N) is 4. The van der Waals surface area contributed by atoms with Crippen LogP contribution in [0.5, 0.6) is 5.75 Å². The molecule has 3 aromatic rings. The second-order valence-electron chi connectivity index (χ2n) is 3.97. The Morgan fingerprint density at radius 1 is 1.30 bits per heavy atom. The fourth-order valence-corrected chi connectivity index (χ4v) is 1.74. The molecule has 2 aromatic heterocycles. The van der Waals surface area contributed by atoms with E-state index in [2.05, 4.69) is 30.5 Å². The van der Waals surface area contributed by atoms with E-state index in [9.17, 15) is 0 Å². The first kappa shape index (κ1) is 12.1. The van der Waals surface area contributed by atoms with E-state index in [1.165, 1.54) is 6.33 Å². The minimum atomic E-state index is 0.576. The van der Waals surface area contributed by atoms with Crippen molar-refractivity contribution in [3.8, 4) is 5.75 Å². The van der Waals surface area contributed by atoms with Gasteiger partial charge in [-0.05, 0) is 17.7 Å². The van der Waals surface area contributed by atoms with Gasteiger partial charge < -0.3 is 9.72 Å². The summed E-state index contributed by atoms with van der Waals surface area (Å²) in [7, 11) is 1.63. The van der Waals surface area contributed by atoms with Crippen LogP contribution in [0.4, 0.5) is 5.82 Å². The normalized spacial score (nSPS) is 11.1. The first-order valence-electron chi connectivity index (χ1n) is 5.94. The molecule has 0 radical (unpaired) electrons. The van der Waals surface area contributed by atoms with Crippen LogP contribution in [-0.4, -0.2) is 33.3 Å². The van der Waals surface area contributed by atoms with Gasteiger partial charge >= 0.3 is 0 Å². The number of rotatable bonds is 4. The largest absolute Gasteiger partial charge is 0.497 e. The van der Waals surface area contributed by atoms with Gasteiger partial charge in [-0.25, -0.2) is 15.0 Å². The van der Waals surface area contributed by atoms with Crippen molar-refractivity contribution >= 4 is 23.2 Å². The molecule has 7 heteroatoms. The molecule has 2 N–H and O–H groups in total. The van der Waals surface area contributed by atoms with Crippen LogP contribution in [-0.2, 0) is 0 Å². The highest BCUT2D eigenvalue weighted by Gasteiger charge is 2.03. The van der Waals surface area contributed by atoms with Crippen molar-refractivity contribution in [2.75, 3.05) is 12.5 Å². The summed E-state index contributed by atoms with van der Waals surface area (Å²) >= 11 is 0. The first-order chi connectivity index (χ1) is 9.86. The summed E-state index contributed by atoms with van der Waals surface area (Å²) in [5, 5.41) is 4.15. The predicted molar refractivity (Wildman–Crippen MR) is 75.9 cm³/mol. The molecule has 20 heavy (non-hydrogen) atoms. The molecule has 0 unspecified atom stereocenters. The van der Waals surface area contributed by atoms with Gasteiger partial charge in [-0.3, -0.25) is 5.43 Å². The second-order valence-corrected chi connectivity index (χ2v) is 3.97. The number of nitrogens with one attached hydrogen (secondary N) is 2. The molecular formula is C13H12N6O. The Morgan fingerprint density at radius 2 is 2.25 bits per heavy atom. The summed E-state index contributed by atoms with van der Waals surface area (Å²) in [6.45, 7) is 0. The Balaban J connectivity index is 1.78.